The molecule has 0 saturated carbocycles. The molecule has 2 N–H and O–H groups in total. The first kappa shape index (κ1) is 14.1. The second-order valence-electron chi connectivity index (χ2n) is 4.40. The van der Waals surface area contributed by atoms with Gasteiger partial charge in [0.1, 0.15) is 17.1 Å². The number of aromatic hydroxyl groups is 1. The Morgan fingerprint density at radius 3 is 2.40 bits per heavy atom. The highest BCUT2D eigenvalue weighted by Gasteiger charge is 2.13. The fourth-order valence-corrected chi connectivity index (χ4v) is 1.80. The highest BCUT2D eigenvalue weighted by atomic mass is 16.5. The van der Waals surface area contributed by atoms with Crippen LogP contribution in [0.3, 0.4) is 0 Å². The van der Waals surface area contributed by atoms with Gasteiger partial charge in [0.2, 0.25) is 0 Å². The third-order valence-electron chi connectivity index (χ3n) is 2.99. The number of carbonyl (C=O) groups is 1. The fraction of sp³-hybridized carbons (Fsp3) is 0.188. The lowest BCUT2D eigenvalue weighted by molar-refractivity contribution is 0.0731. The van der Waals surface area contributed by atoms with Crippen molar-refractivity contribution in [1.82, 2.24) is 0 Å². The van der Waals surface area contributed by atoms with E-state index in [9.17, 15) is 15.0 Å². The van der Waals surface area contributed by atoms with Crippen LogP contribution in [0.1, 0.15) is 35.4 Å². The molecule has 0 amide bonds. The molecule has 0 heterocycles. The second kappa shape index (κ2) is 6.21. The number of aliphatic hydroxyl groups excluding tert-OH is 1. The summed E-state index contributed by atoms with van der Waals surface area (Å²) in [4.78, 5) is 11.9. The van der Waals surface area contributed by atoms with E-state index in [4.69, 9.17) is 4.74 Å². The van der Waals surface area contributed by atoms with E-state index < -0.39 is 12.1 Å². The molecule has 2 aromatic rings. The van der Waals surface area contributed by atoms with Gasteiger partial charge in [-0.15, -0.1) is 0 Å². The molecule has 0 aliphatic rings. The van der Waals surface area contributed by atoms with Gasteiger partial charge >= 0.3 is 5.97 Å². The fourth-order valence-electron chi connectivity index (χ4n) is 1.80. The van der Waals surface area contributed by atoms with Gasteiger partial charge in [-0.25, -0.2) is 4.79 Å². The zero-order valence-corrected chi connectivity index (χ0v) is 11.1. The van der Waals surface area contributed by atoms with Gasteiger partial charge in [-0.1, -0.05) is 31.2 Å². The van der Waals surface area contributed by atoms with Crippen LogP contribution in [-0.2, 0) is 0 Å². The first-order valence-corrected chi connectivity index (χ1v) is 6.40. The van der Waals surface area contributed by atoms with Gasteiger partial charge in [0.05, 0.1) is 6.10 Å². The first-order valence-electron chi connectivity index (χ1n) is 6.40. The summed E-state index contributed by atoms with van der Waals surface area (Å²) >= 11 is 0. The molecule has 0 aliphatic heterocycles. The molecule has 0 fully saturated rings. The van der Waals surface area contributed by atoms with E-state index >= 15 is 0 Å². The van der Waals surface area contributed by atoms with Crippen LogP contribution in [-0.4, -0.2) is 16.2 Å². The Bertz CT molecular complexity index is 590. The Morgan fingerprint density at radius 2 is 1.80 bits per heavy atom. The Morgan fingerprint density at radius 1 is 1.15 bits per heavy atom. The lowest BCUT2D eigenvalue weighted by Crippen LogP contribution is -2.08. The predicted octanol–water partition coefficient (Wildman–Crippen LogP) is 3.05. The molecular formula is C16H16O4. The average molecular weight is 272 g/mol. The summed E-state index contributed by atoms with van der Waals surface area (Å²) in [5, 5.41) is 19.2. The highest BCUT2D eigenvalue weighted by molar-refractivity contribution is 5.93. The number of aliphatic hydroxyl groups is 1. The Balaban J connectivity index is 2.11. The Kier molecular flexibility index (Phi) is 4.38. The smallest absolute Gasteiger partial charge is 0.347 e. The average Bonchev–Trinajstić information content (AvgIpc) is 2.47. The van der Waals surface area contributed by atoms with Crippen molar-refractivity contribution >= 4 is 5.97 Å². The molecule has 0 aromatic heterocycles. The van der Waals surface area contributed by atoms with E-state index in [1.807, 2.05) is 6.92 Å². The van der Waals surface area contributed by atoms with Gasteiger partial charge in [-0.3, -0.25) is 0 Å². The van der Waals surface area contributed by atoms with Crippen LogP contribution in [0.15, 0.2) is 48.5 Å². The minimum atomic E-state index is -0.619. The molecule has 1 unspecified atom stereocenters. The molecule has 4 nitrogen and oxygen atoms in total. The number of esters is 1. The van der Waals surface area contributed by atoms with Crippen LogP contribution in [0.4, 0.5) is 0 Å². The summed E-state index contributed by atoms with van der Waals surface area (Å²) in [5.74, 6) is -0.368. The second-order valence-corrected chi connectivity index (χ2v) is 4.40. The number of rotatable bonds is 4. The molecule has 2 rings (SSSR count). The third kappa shape index (κ3) is 3.16. The quantitative estimate of drug-likeness (QED) is 0.663. The number of benzene rings is 2. The number of hydrogen-bond acceptors (Lipinski definition) is 4. The van der Waals surface area contributed by atoms with Gasteiger partial charge in [-0.2, -0.15) is 0 Å². The van der Waals surface area contributed by atoms with Gasteiger partial charge < -0.3 is 14.9 Å². The molecule has 0 spiro atoms. The summed E-state index contributed by atoms with van der Waals surface area (Å²) in [5.41, 5.74) is 0.889. The third-order valence-corrected chi connectivity index (χ3v) is 2.99. The van der Waals surface area contributed by atoms with Crippen LogP contribution >= 0.6 is 0 Å². The molecule has 104 valence electrons. The van der Waals surface area contributed by atoms with Gasteiger partial charge in [0, 0.05) is 0 Å². The monoisotopic (exact) mass is 272 g/mol. The normalized spacial score (nSPS) is 11.9. The standard InChI is InChI=1S/C16H16O4/c1-2-14(17)11-7-9-12(10-8-11)20-16(19)13-5-3-4-6-15(13)18/h3-10,14,17-18H,2H2,1H3. The molecule has 1 atom stereocenters. The van der Waals surface area contributed by atoms with E-state index in [-0.39, 0.29) is 11.3 Å². The van der Waals surface area contributed by atoms with E-state index in [2.05, 4.69) is 0 Å². The van der Waals surface area contributed by atoms with Crippen LogP contribution in [0, 0.1) is 0 Å². The van der Waals surface area contributed by atoms with Crippen molar-refractivity contribution in [1.29, 1.82) is 0 Å². The number of hydrogen-bond donors (Lipinski definition) is 2. The number of ether oxygens (including phenoxy) is 1. The van der Waals surface area contributed by atoms with Crippen LogP contribution in [0.5, 0.6) is 11.5 Å². The maximum absolute atomic E-state index is 11.9. The minimum absolute atomic E-state index is 0.115. The first-order chi connectivity index (χ1) is 9.61. The zero-order valence-electron chi connectivity index (χ0n) is 11.1. The van der Waals surface area contributed by atoms with E-state index in [0.717, 1.165) is 5.56 Å². The van der Waals surface area contributed by atoms with E-state index in [1.165, 1.54) is 12.1 Å². The van der Waals surface area contributed by atoms with Crippen molar-refractivity contribution < 1.29 is 19.7 Å². The number of phenolic OH excluding ortho intramolecular Hbond substituents is 1. The molecule has 0 saturated heterocycles. The van der Waals surface area contributed by atoms with E-state index in [1.54, 1.807) is 36.4 Å². The van der Waals surface area contributed by atoms with Gasteiger partial charge in [0.15, 0.2) is 0 Å². The van der Waals surface area contributed by atoms with Crippen molar-refractivity contribution in [3.8, 4) is 11.5 Å². The van der Waals surface area contributed by atoms with Crippen molar-refractivity contribution in [2.45, 2.75) is 19.4 Å². The summed E-state index contributed by atoms with van der Waals surface area (Å²) in [6.07, 6.45) is 0.106. The lowest BCUT2D eigenvalue weighted by Gasteiger charge is -2.09. The molecule has 0 bridgehead atoms. The maximum Gasteiger partial charge on any atom is 0.347 e. The van der Waals surface area contributed by atoms with Gasteiger partial charge in [-0.05, 0) is 36.2 Å². The Labute approximate surface area is 117 Å². The minimum Gasteiger partial charge on any atom is -0.507 e. The zero-order chi connectivity index (χ0) is 14.5. The molecule has 0 radical (unpaired) electrons. The number of phenols is 1. The van der Waals surface area contributed by atoms with Crippen LogP contribution < -0.4 is 4.74 Å². The molecule has 4 heteroatoms. The van der Waals surface area contributed by atoms with Crippen LogP contribution in [0.2, 0.25) is 0 Å². The maximum atomic E-state index is 11.9. The van der Waals surface area contributed by atoms with Crippen LogP contribution in [0.25, 0.3) is 0 Å². The summed E-state index contributed by atoms with van der Waals surface area (Å²) in [7, 11) is 0. The summed E-state index contributed by atoms with van der Waals surface area (Å²) < 4.78 is 5.17. The molecular weight excluding hydrogens is 256 g/mol. The van der Waals surface area contributed by atoms with Gasteiger partial charge in [0.25, 0.3) is 0 Å². The Hall–Kier alpha value is -2.33. The van der Waals surface area contributed by atoms with E-state index in [0.29, 0.717) is 12.2 Å². The number of carbonyl (C=O) groups excluding carboxylic acids is 1. The van der Waals surface area contributed by atoms with Crippen molar-refractivity contribution in [2.24, 2.45) is 0 Å². The molecule has 2 aromatic carbocycles. The largest absolute Gasteiger partial charge is 0.507 e. The van der Waals surface area contributed by atoms with Crippen molar-refractivity contribution in [3.63, 3.8) is 0 Å². The SMILES string of the molecule is CCC(O)c1ccc(OC(=O)c2ccccc2O)cc1. The number of para-hydroxylation sites is 1. The van der Waals surface area contributed by atoms with Crippen molar-refractivity contribution in [2.75, 3.05) is 0 Å². The summed E-state index contributed by atoms with van der Waals surface area (Å²) in [6, 6.07) is 12.9. The molecule has 20 heavy (non-hydrogen) atoms. The molecule has 0 aliphatic carbocycles. The summed E-state index contributed by atoms with van der Waals surface area (Å²) in [6.45, 7) is 1.89. The lowest BCUT2D eigenvalue weighted by atomic mass is 10.1. The van der Waals surface area contributed by atoms with Crippen molar-refractivity contribution in [3.05, 3.63) is 59.7 Å². The predicted molar refractivity (Wildman–Crippen MR) is 74.8 cm³/mol. The highest BCUT2D eigenvalue weighted by Crippen LogP contribution is 2.22. The topological polar surface area (TPSA) is 66.8 Å².